The van der Waals surface area contributed by atoms with E-state index in [0.29, 0.717) is 33.4 Å². The molecule has 4 aliphatic heterocycles. The van der Waals surface area contributed by atoms with Crippen LogP contribution >= 0.6 is 0 Å². The largest absolute Gasteiger partial charge is 0.378 e. The van der Waals surface area contributed by atoms with Gasteiger partial charge in [-0.1, -0.05) is 24.3 Å². The third-order valence-corrected chi connectivity index (χ3v) is 9.16. The molecule has 2 unspecified atom stereocenters. The van der Waals surface area contributed by atoms with Gasteiger partial charge in [0.25, 0.3) is 11.8 Å². The molecule has 2 aromatic rings. The van der Waals surface area contributed by atoms with Gasteiger partial charge in [-0.3, -0.25) is 49.0 Å². The van der Waals surface area contributed by atoms with Crippen LogP contribution in [0.1, 0.15) is 68.7 Å². The Balaban J connectivity index is 0.898. The van der Waals surface area contributed by atoms with Crippen molar-refractivity contribution in [2.75, 3.05) is 26.3 Å². The van der Waals surface area contributed by atoms with Crippen molar-refractivity contribution in [1.82, 2.24) is 31.1 Å². The van der Waals surface area contributed by atoms with Crippen LogP contribution in [0.3, 0.4) is 0 Å². The zero-order valence-corrected chi connectivity index (χ0v) is 27.6. The molecular weight excluding hydrogens is 660 g/mol. The smallest absolute Gasteiger partial charge is 0.255 e. The second kappa shape index (κ2) is 15.3. The molecule has 15 heteroatoms. The number of benzene rings is 2. The number of nitrogens with zero attached hydrogens (tertiary/aromatic N) is 2. The average molecular weight is 697 g/mol. The predicted octanol–water partition coefficient (Wildman–Crippen LogP) is 0.184. The molecule has 51 heavy (non-hydrogen) atoms. The lowest BCUT2D eigenvalue weighted by Crippen LogP contribution is -2.52. The first kappa shape index (κ1) is 34.9. The van der Waals surface area contributed by atoms with Crippen LogP contribution in [0.15, 0.2) is 48.6 Å². The van der Waals surface area contributed by atoms with Crippen LogP contribution < -0.4 is 21.3 Å². The van der Waals surface area contributed by atoms with Crippen molar-refractivity contribution in [1.29, 1.82) is 0 Å². The molecule has 0 spiro atoms. The van der Waals surface area contributed by atoms with Crippen molar-refractivity contribution in [3.8, 4) is 0 Å². The van der Waals surface area contributed by atoms with Gasteiger partial charge in [-0.2, -0.15) is 0 Å². The van der Waals surface area contributed by atoms with Gasteiger partial charge in [0.15, 0.2) is 0 Å². The van der Waals surface area contributed by atoms with Gasteiger partial charge in [-0.25, -0.2) is 0 Å². The van der Waals surface area contributed by atoms with Crippen molar-refractivity contribution in [3.05, 3.63) is 81.9 Å². The third-order valence-electron chi connectivity index (χ3n) is 9.16. The number of piperidine rings is 2. The lowest BCUT2D eigenvalue weighted by atomic mass is 10.0. The van der Waals surface area contributed by atoms with E-state index < -0.39 is 23.9 Å². The Kier molecular flexibility index (Phi) is 10.5. The molecule has 0 bridgehead atoms. The van der Waals surface area contributed by atoms with Gasteiger partial charge in [-0.05, 0) is 59.4 Å². The summed E-state index contributed by atoms with van der Waals surface area (Å²) in [7, 11) is 0. The Bertz CT molecular complexity index is 1750. The summed E-state index contributed by atoms with van der Waals surface area (Å²) in [4.78, 5) is 101. The Morgan fingerprint density at radius 1 is 0.686 bits per heavy atom. The molecule has 0 aliphatic carbocycles. The second-order valence-electron chi connectivity index (χ2n) is 12.4. The van der Waals surface area contributed by atoms with Crippen LogP contribution in [0.2, 0.25) is 0 Å². The molecule has 0 saturated carbocycles. The summed E-state index contributed by atoms with van der Waals surface area (Å²) in [5.74, 6) is -3.00. The first-order chi connectivity index (χ1) is 24.6. The molecule has 264 valence electrons. The highest BCUT2D eigenvalue weighted by atomic mass is 16.5. The highest BCUT2D eigenvalue weighted by molar-refractivity contribution is 6.07. The van der Waals surface area contributed by atoms with Crippen LogP contribution in [-0.2, 0) is 46.6 Å². The number of carbonyl (C=O) groups is 8. The molecule has 4 N–H and O–H groups in total. The number of hydrogen-bond donors (Lipinski definition) is 4. The van der Waals surface area contributed by atoms with Crippen LogP contribution in [0, 0.1) is 0 Å². The number of carbonyl (C=O) groups excluding carboxylic acids is 8. The molecule has 4 heterocycles. The summed E-state index contributed by atoms with van der Waals surface area (Å²) in [6, 6.07) is 8.88. The van der Waals surface area contributed by atoms with E-state index in [0.717, 1.165) is 0 Å². The monoisotopic (exact) mass is 696 g/mol. The lowest BCUT2D eigenvalue weighted by Gasteiger charge is -2.29. The van der Waals surface area contributed by atoms with Crippen LogP contribution in [0.5, 0.6) is 0 Å². The van der Waals surface area contributed by atoms with Gasteiger partial charge >= 0.3 is 0 Å². The topological polar surface area (TPSA) is 200 Å². The van der Waals surface area contributed by atoms with E-state index in [1.165, 1.54) is 22.0 Å². The number of imide groups is 2. The van der Waals surface area contributed by atoms with Crippen molar-refractivity contribution in [2.45, 2.75) is 50.9 Å². The van der Waals surface area contributed by atoms with Crippen molar-refractivity contribution in [2.24, 2.45) is 0 Å². The summed E-state index contributed by atoms with van der Waals surface area (Å²) < 4.78 is 5.50. The van der Waals surface area contributed by atoms with E-state index in [1.54, 1.807) is 48.6 Å². The van der Waals surface area contributed by atoms with E-state index >= 15 is 0 Å². The van der Waals surface area contributed by atoms with Crippen molar-refractivity contribution in [3.63, 3.8) is 0 Å². The Hall–Kier alpha value is -5.96. The van der Waals surface area contributed by atoms with Crippen LogP contribution in [-0.4, -0.2) is 95.4 Å². The average Bonchev–Trinajstić information content (AvgIpc) is 3.62. The van der Waals surface area contributed by atoms with Gasteiger partial charge < -0.3 is 25.2 Å². The number of fused-ring (bicyclic) bond motifs is 2. The number of nitrogens with one attached hydrogen (secondary N) is 4. The van der Waals surface area contributed by atoms with Crippen molar-refractivity contribution < 1.29 is 43.1 Å². The van der Waals surface area contributed by atoms with Crippen LogP contribution in [0.4, 0.5) is 0 Å². The quantitative estimate of drug-likeness (QED) is 0.136. The molecule has 2 saturated heterocycles. The molecule has 8 amide bonds. The standard InChI is InChI=1S/C36H36N6O9/c43-29(11-7-21-3-1-5-23-25(21)19-41(35(23)49)27-9-13-31(45)39-33(27)47)37-15-17-51-18-16-38-30(44)12-8-22-4-2-6-24-26(22)20-42(36(24)50)28-10-14-32(46)40-34(28)48/h1-8,11-12,27-28H,9-10,13-20H2,(H,37,43)(H,38,44)(H,39,45,47)(H,40,46,48). The minimum atomic E-state index is -0.725. The summed E-state index contributed by atoms with van der Waals surface area (Å²) in [6.07, 6.45) is 6.77. The van der Waals surface area contributed by atoms with Gasteiger partial charge in [0.2, 0.25) is 35.4 Å². The zero-order valence-electron chi connectivity index (χ0n) is 27.6. The molecule has 6 rings (SSSR count). The first-order valence-electron chi connectivity index (χ1n) is 16.6. The fourth-order valence-electron chi connectivity index (χ4n) is 6.58. The van der Waals surface area contributed by atoms with Crippen LogP contribution in [0.25, 0.3) is 12.2 Å². The van der Waals surface area contributed by atoms with E-state index in [1.807, 2.05) is 0 Å². The van der Waals surface area contributed by atoms with E-state index in [2.05, 4.69) is 21.3 Å². The molecule has 2 fully saturated rings. The number of rotatable bonds is 12. The molecule has 4 aliphatic rings. The Morgan fingerprint density at radius 3 is 1.53 bits per heavy atom. The maximum absolute atomic E-state index is 13.0. The number of hydrogen-bond acceptors (Lipinski definition) is 9. The van der Waals surface area contributed by atoms with Gasteiger partial charge in [0.05, 0.1) is 13.2 Å². The minimum absolute atomic E-state index is 0.164. The number of amides is 8. The fourth-order valence-corrected chi connectivity index (χ4v) is 6.58. The maximum atomic E-state index is 13.0. The van der Waals surface area contributed by atoms with Gasteiger partial charge in [0.1, 0.15) is 12.1 Å². The van der Waals surface area contributed by atoms with Crippen molar-refractivity contribution >= 4 is 59.4 Å². The van der Waals surface area contributed by atoms with E-state index in [9.17, 15) is 38.4 Å². The molecule has 0 aromatic heterocycles. The Labute approximate surface area is 292 Å². The summed E-state index contributed by atoms with van der Waals surface area (Å²) in [6.45, 7) is 1.25. The predicted molar refractivity (Wildman–Crippen MR) is 180 cm³/mol. The van der Waals surface area contributed by atoms with E-state index in [-0.39, 0.29) is 101 Å². The molecule has 2 aromatic carbocycles. The second-order valence-corrected chi connectivity index (χ2v) is 12.4. The molecule has 0 radical (unpaired) electrons. The summed E-state index contributed by atoms with van der Waals surface area (Å²) in [5.41, 5.74) is 3.66. The highest BCUT2D eigenvalue weighted by Crippen LogP contribution is 2.31. The first-order valence-corrected chi connectivity index (χ1v) is 16.6. The minimum Gasteiger partial charge on any atom is -0.378 e. The van der Waals surface area contributed by atoms with E-state index in [4.69, 9.17) is 4.74 Å². The number of ether oxygens (including phenoxy) is 1. The fraction of sp³-hybridized carbons (Fsp3) is 0.333. The normalized spacial score (nSPS) is 20.2. The SMILES string of the molecule is O=C(C=Cc1cccc2c1CN(C1CCC(=O)NC1=O)C2=O)NCCOCCNC(=O)C=Cc1cccc2c1CN(C1CCC(=O)NC1=O)C2=O. The highest BCUT2D eigenvalue weighted by Gasteiger charge is 2.41. The maximum Gasteiger partial charge on any atom is 0.255 e. The third kappa shape index (κ3) is 7.78. The molecule has 2 atom stereocenters. The zero-order chi connectivity index (χ0) is 36.1. The Morgan fingerprint density at radius 2 is 1.12 bits per heavy atom. The molecule has 15 nitrogen and oxygen atoms in total. The lowest BCUT2D eigenvalue weighted by molar-refractivity contribution is -0.138. The van der Waals surface area contributed by atoms with Gasteiger partial charge in [-0.15, -0.1) is 0 Å². The molecular formula is C36H36N6O9. The van der Waals surface area contributed by atoms with Gasteiger partial charge in [0, 0.05) is 62.3 Å². The summed E-state index contributed by atoms with van der Waals surface area (Å²) in [5, 5.41) is 9.99. The summed E-state index contributed by atoms with van der Waals surface area (Å²) >= 11 is 0.